The van der Waals surface area contributed by atoms with Crippen molar-refractivity contribution in [2.75, 3.05) is 45.9 Å². The largest absolute Gasteiger partial charge is 0.506 e. The number of aliphatic hydroxyl groups excluding tert-OH is 1. The zero-order chi connectivity index (χ0) is 45.8. The van der Waals surface area contributed by atoms with Gasteiger partial charge in [-0.15, -0.1) is 0 Å². The van der Waals surface area contributed by atoms with Crippen LogP contribution in [0, 0.1) is 5.92 Å². The Morgan fingerprint density at radius 3 is 2.32 bits per heavy atom. The van der Waals surface area contributed by atoms with Gasteiger partial charge in [-0.1, -0.05) is 84.9 Å². The number of ether oxygens (including phenoxy) is 1. The second-order valence-electron chi connectivity index (χ2n) is 16.5. The summed E-state index contributed by atoms with van der Waals surface area (Å²) in [7, 11) is 0. The Hall–Kier alpha value is -6.84. The molecule has 0 spiro atoms. The number of nitrogens with one attached hydrogen (secondary N) is 4. The van der Waals surface area contributed by atoms with Crippen LogP contribution in [0.5, 0.6) is 11.5 Å². The monoisotopic (exact) mass is 881 g/mol. The molecular formula is C51H55N5O9. The maximum atomic E-state index is 12.9. The lowest BCUT2D eigenvalue weighted by Crippen LogP contribution is -2.38. The van der Waals surface area contributed by atoms with Crippen molar-refractivity contribution in [3.63, 3.8) is 0 Å². The number of hydrogen-bond donors (Lipinski definition) is 8. The van der Waals surface area contributed by atoms with E-state index >= 15 is 0 Å². The van der Waals surface area contributed by atoms with Crippen LogP contribution in [0.4, 0.5) is 0 Å². The SMILES string of the molecule is O=C(COc1cccc([C@@](O)(C(=O)O)c2ccccc2CC2CCN(Cc3ccccc3)CC2)c1)NCCNC(=O)c1ccc(CCNC[C@H](O)c2ccc(O)c3[nH]c(=O)ccc23)cc1. The fourth-order valence-electron chi connectivity index (χ4n) is 8.39. The van der Waals surface area contributed by atoms with Gasteiger partial charge in [0, 0.05) is 54.3 Å². The predicted octanol–water partition coefficient (Wildman–Crippen LogP) is 4.80. The van der Waals surface area contributed by atoms with E-state index < -0.39 is 23.6 Å². The zero-order valence-corrected chi connectivity index (χ0v) is 36.0. The Morgan fingerprint density at radius 1 is 0.815 bits per heavy atom. The molecule has 1 aliphatic rings. The molecule has 338 valence electrons. The number of aliphatic hydroxyl groups is 2. The van der Waals surface area contributed by atoms with Crippen LogP contribution in [0.15, 0.2) is 132 Å². The zero-order valence-electron chi connectivity index (χ0n) is 36.0. The molecular weight excluding hydrogens is 827 g/mol. The summed E-state index contributed by atoms with van der Waals surface area (Å²) in [5.41, 5.74) is 2.04. The summed E-state index contributed by atoms with van der Waals surface area (Å²) in [5, 5.41) is 52.6. The molecule has 0 saturated carbocycles. The van der Waals surface area contributed by atoms with Gasteiger partial charge in [-0.2, -0.15) is 0 Å². The summed E-state index contributed by atoms with van der Waals surface area (Å²) in [5.74, 6) is -1.69. The Bertz CT molecular complexity index is 2630. The van der Waals surface area contributed by atoms with Gasteiger partial charge in [0.05, 0.1) is 11.6 Å². The predicted molar refractivity (Wildman–Crippen MR) is 247 cm³/mol. The highest BCUT2D eigenvalue weighted by atomic mass is 16.5. The number of hydrogen-bond acceptors (Lipinski definition) is 10. The van der Waals surface area contributed by atoms with E-state index in [1.807, 2.05) is 42.5 Å². The topological polar surface area (TPSA) is 214 Å². The summed E-state index contributed by atoms with van der Waals surface area (Å²) in [6.07, 6.45) is 2.33. The lowest BCUT2D eigenvalue weighted by molar-refractivity contribution is -0.155. The van der Waals surface area contributed by atoms with Gasteiger partial charge in [-0.25, -0.2) is 4.79 Å². The van der Waals surface area contributed by atoms with Crippen molar-refractivity contribution in [1.29, 1.82) is 0 Å². The average molecular weight is 882 g/mol. The molecule has 6 aromatic rings. The van der Waals surface area contributed by atoms with Crippen LogP contribution in [-0.4, -0.2) is 94.0 Å². The minimum atomic E-state index is -2.36. The molecule has 2 amide bonds. The van der Waals surface area contributed by atoms with E-state index in [-0.39, 0.29) is 60.3 Å². The van der Waals surface area contributed by atoms with Crippen LogP contribution in [0.1, 0.15) is 62.7 Å². The summed E-state index contributed by atoms with van der Waals surface area (Å²) in [4.78, 5) is 55.1. The van der Waals surface area contributed by atoms with Gasteiger partial charge >= 0.3 is 5.97 Å². The quantitative estimate of drug-likeness (QED) is 0.0488. The lowest BCUT2D eigenvalue weighted by Gasteiger charge is -2.33. The summed E-state index contributed by atoms with van der Waals surface area (Å²) in [6.45, 7) is 3.52. The number of aromatic amines is 1. The molecule has 8 N–H and O–H groups in total. The third-order valence-electron chi connectivity index (χ3n) is 11.9. The van der Waals surface area contributed by atoms with Crippen molar-refractivity contribution in [2.24, 2.45) is 5.92 Å². The number of aliphatic carboxylic acids is 1. The molecule has 0 bridgehead atoms. The van der Waals surface area contributed by atoms with Crippen molar-refractivity contribution in [2.45, 2.75) is 43.9 Å². The first-order valence-electron chi connectivity index (χ1n) is 21.9. The molecule has 0 radical (unpaired) electrons. The van der Waals surface area contributed by atoms with Crippen molar-refractivity contribution in [3.05, 3.63) is 177 Å². The molecule has 1 aliphatic heterocycles. The smallest absolute Gasteiger partial charge is 0.345 e. The highest BCUT2D eigenvalue weighted by Gasteiger charge is 2.42. The molecule has 1 aromatic heterocycles. The molecule has 14 nitrogen and oxygen atoms in total. The Balaban J connectivity index is 0.831. The molecule has 14 heteroatoms. The van der Waals surface area contributed by atoms with Crippen LogP contribution in [0.2, 0.25) is 0 Å². The van der Waals surface area contributed by atoms with Crippen LogP contribution < -0.4 is 26.2 Å². The van der Waals surface area contributed by atoms with E-state index in [9.17, 15) is 39.6 Å². The number of fused-ring (bicyclic) bond motifs is 1. The first-order chi connectivity index (χ1) is 31.5. The van der Waals surface area contributed by atoms with E-state index in [1.54, 1.807) is 48.5 Å². The number of phenolic OH excluding ortho intramolecular Hbond substituents is 1. The minimum absolute atomic E-state index is 0.0711. The molecule has 2 atom stereocenters. The number of benzene rings is 5. The van der Waals surface area contributed by atoms with Gasteiger partial charge in [0.15, 0.2) is 6.61 Å². The number of amides is 2. The van der Waals surface area contributed by atoms with E-state index in [2.05, 4.69) is 38.0 Å². The Morgan fingerprint density at radius 2 is 1.55 bits per heavy atom. The normalized spacial score (nSPS) is 14.6. The van der Waals surface area contributed by atoms with Gasteiger partial charge in [0.2, 0.25) is 11.2 Å². The molecule has 1 fully saturated rings. The summed E-state index contributed by atoms with van der Waals surface area (Å²) >= 11 is 0. The fraction of sp³-hybridized carbons (Fsp3) is 0.294. The van der Waals surface area contributed by atoms with Crippen LogP contribution >= 0.6 is 0 Å². The number of pyridine rings is 1. The van der Waals surface area contributed by atoms with Gasteiger partial charge in [0.1, 0.15) is 11.5 Å². The Labute approximate surface area is 376 Å². The summed E-state index contributed by atoms with van der Waals surface area (Å²) < 4.78 is 5.73. The van der Waals surface area contributed by atoms with Gasteiger partial charge < -0.3 is 46.1 Å². The van der Waals surface area contributed by atoms with Crippen LogP contribution in [-0.2, 0) is 34.6 Å². The number of aromatic hydroxyl groups is 1. The summed E-state index contributed by atoms with van der Waals surface area (Å²) in [6, 6.07) is 36.8. The van der Waals surface area contributed by atoms with Crippen molar-refractivity contribution in [3.8, 4) is 11.5 Å². The number of phenols is 1. The molecule has 0 aliphatic carbocycles. The third-order valence-corrected chi connectivity index (χ3v) is 11.9. The second-order valence-corrected chi connectivity index (χ2v) is 16.5. The minimum Gasteiger partial charge on any atom is -0.506 e. The van der Waals surface area contributed by atoms with E-state index in [4.69, 9.17) is 4.74 Å². The van der Waals surface area contributed by atoms with E-state index in [1.165, 1.54) is 29.8 Å². The number of carboxylic acid groups (broad SMARTS) is 1. The molecule has 2 heterocycles. The number of carbonyl (C=O) groups is 3. The number of aromatic nitrogens is 1. The van der Waals surface area contributed by atoms with Gasteiger partial charge in [-0.05, 0) is 110 Å². The first kappa shape index (κ1) is 46.2. The van der Waals surface area contributed by atoms with E-state index in [0.717, 1.165) is 43.6 Å². The maximum Gasteiger partial charge on any atom is 0.345 e. The Kier molecular flexibility index (Phi) is 15.4. The van der Waals surface area contributed by atoms with Gasteiger partial charge in [-0.3, -0.25) is 19.3 Å². The molecule has 65 heavy (non-hydrogen) atoms. The van der Waals surface area contributed by atoms with Gasteiger partial charge in [0.25, 0.3) is 11.8 Å². The maximum absolute atomic E-state index is 12.9. The molecule has 5 aromatic carbocycles. The first-order valence-corrected chi connectivity index (χ1v) is 21.9. The highest BCUT2D eigenvalue weighted by Crippen LogP contribution is 2.36. The number of carboxylic acids is 1. The van der Waals surface area contributed by atoms with Crippen LogP contribution in [0.25, 0.3) is 10.9 Å². The molecule has 7 rings (SSSR count). The average Bonchev–Trinajstić information content (AvgIpc) is 3.32. The van der Waals surface area contributed by atoms with Crippen molar-refractivity contribution >= 4 is 28.7 Å². The second kappa shape index (κ2) is 21.7. The fourth-order valence-corrected chi connectivity index (χ4v) is 8.39. The number of likely N-dealkylation sites (tertiary alicyclic amines) is 1. The number of rotatable bonds is 20. The molecule has 0 unspecified atom stereocenters. The van der Waals surface area contributed by atoms with Crippen molar-refractivity contribution in [1.82, 2.24) is 25.8 Å². The number of piperidine rings is 1. The third kappa shape index (κ3) is 11.8. The number of nitrogens with zero attached hydrogens (tertiary/aromatic N) is 1. The standard InChI is InChI=1S/C51H55N5O9/c57-44-19-17-41(42-18-20-46(59)55-48(42)44)45(58)31-52-24-21-34-13-15-37(16-14-34)49(61)54-26-25-53-47(60)33-65-40-11-6-10-39(30-40)51(64,50(62)63)43-12-5-4-9-38(43)29-35-22-27-56(28-23-35)32-36-7-2-1-3-8-36/h1-20,30,35,45,52,57-58,64H,21-29,31-33H2,(H,53,60)(H,54,61)(H,55,59)(H,62,63)/t45-,51-/m0/s1. The number of carbonyl (C=O) groups excluding carboxylic acids is 2. The van der Waals surface area contributed by atoms with Crippen molar-refractivity contribution < 1.29 is 39.5 Å². The highest BCUT2D eigenvalue weighted by molar-refractivity contribution is 5.94. The van der Waals surface area contributed by atoms with E-state index in [0.29, 0.717) is 47.4 Å². The lowest BCUT2D eigenvalue weighted by atomic mass is 9.80. The molecule has 1 saturated heterocycles. The van der Waals surface area contributed by atoms with Crippen LogP contribution in [0.3, 0.4) is 0 Å². The number of H-pyrrole nitrogens is 1.